The van der Waals surface area contributed by atoms with Crippen LogP contribution in [0.2, 0.25) is 0 Å². The maximum Gasteiger partial charge on any atom is 0.264 e. The summed E-state index contributed by atoms with van der Waals surface area (Å²) in [5.74, 6) is -1.45. The Labute approximate surface area is 259 Å². The predicted molar refractivity (Wildman–Crippen MR) is 171 cm³/mol. The van der Waals surface area contributed by atoms with Crippen LogP contribution in [0.5, 0.6) is 0 Å². The van der Waals surface area contributed by atoms with E-state index in [0.717, 1.165) is 38.7 Å². The van der Waals surface area contributed by atoms with Crippen molar-refractivity contribution in [3.8, 4) is 0 Å². The molecule has 230 valence electrons. The van der Waals surface area contributed by atoms with Crippen LogP contribution in [0.25, 0.3) is 0 Å². The van der Waals surface area contributed by atoms with Gasteiger partial charge >= 0.3 is 0 Å². The number of carbonyl (C=O) groups is 2. The van der Waals surface area contributed by atoms with Crippen molar-refractivity contribution in [2.24, 2.45) is 0 Å². The van der Waals surface area contributed by atoms with E-state index in [0.29, 0.717) is 13.0 Å². The Morgan fingerprint density at radius 3 is 1.98 bits per heavy atom. The first-order valence-electron chi connectivity index (χ1n) is 14.6. The monoisotopic (exact) mass is 615 g/mol. The van der Waals surface area contributed by atoms with Crippen molar-refractivity contribution in [3.63, 3.8) is 0 Å². The molecule has 4 aromatic rings. The number of sulfonamides is 1. The molecule has 9 heteroatoms. The summed E-state index contributed by atoms with van der Waals surface area (Å²) in [5, 5.41) is 2.94. The Bertz CT molecular complexity index is 1640. The van der Waals surface area contributed by atoms with Gasteiger partial charge in [-0.25, -0.2) is 12.8 Å². The fraction of sp³-hybridized carbons (Fsp3) is 0.257. The van der Waals surface area contributed by atoms with Crippen LogP contribution < -0.4 is 9.62 Å². The minimum atomic E-state index is -4.29. The van der Waals surface area contributed by atoms with E-state index in [4.69, 9.17) is 0 Å². The molecule has 1 atom stereocenters. The van der Waals surface area contributed by atoms with Gasteiger partial charge in [-0.3, -0.25) is 13.9 Å². The highest BCUT2D eigenvalue weighted by Gasteiger charge is 2.34. The van der Waals surface area contributed by atoms with E-state index in [2.05, 4.69) is 5.32 Å². The Kier molecular flexibility index (Phi) is 10.9. The Balaban J connectivity index is 1.78. The van der Waals surface area contributed by atoms with Gasteiger partial charge in [0.15, 0.2) is 0 Å². The zero-order valence-corrected chi connectivity index (χ0v) is 26.1. The molecule has 7 nitrogen and oxygen atoms in total. The highest BCUT2D eigenvalue weighted by molar-refractivity contribution is 7.92. The first-order chi connectivity index (χ1) is 21.1. The third-order valence-corrected chi connectivity index (χ3v) is 9.08. The average molecular weight is 616 g/mol. The van der Waals surface area contributed by atoms with E-state index in [-0.39, 0.29) is 29.5 Å². The molecular weight excluding hydrogens is 577 g/mol. The van der Waals surface area contributed by atoms with Crippen LogP contribution >= 0.6 is 0 Å². The van der Waals surface area contributed by atoms with Crippen LogP contribution in [0.15, 0.2) is 108 Å². The maximum absolute atomic E-state index is 14.4. The van der Waals surface area contributed by atoms with Crippen LogP contribution in [0.3, 0.4) is 0 Å². The number of benzene rings is 4. The fourth-order valence-corrected chi connectivity index (χ4v) is 6.20. The van der Waals surface area contributed by atoms with Crippen LogP contribution in [0.1, 0.15) is 35.6 Å². The number of carbonyl (C=O) groups excluding carboxylic acids is 2. The molecule has 0 radical (unpaired) electrons. The minimum absolute atomic E-state index is 0.0918. The van der Waals surface area contributed by atoms with Crippen molar-refractivity contribution >= 4 is 27.5 Å². The molecule has 0 fully saturated rings. The van der Waals surface area contributed by atoms with E-state index < -0.39 is 34.3 Å². The van der Waals surface area contributed by atoms with Gasteiger partial charge in [-0.15, -0.1) is 0 Å². The molecule has 1 N–H and O–H groups in total. The van der Waals surface area contributed by atoms with Crippen molar-refractivity contribution in [2.75, 3.05) is 17.4 Å². The van der Waals surface area contributed by atoms with Crippen molar-refractivity contribution in [1.82, 2.24) is 10.2 Å². The lowest BCUT2D eigenvalue weighted by Gasteiger charge is -2.34. The molecule has 0 spiro atoms. The summed E-state index contributed by atoms with van der Waals surface area (Å²) in [4.78, 5) is 29.4. The van der Waals surface area contributed by atoms with E-state index in [1.807, 2.05) is 75.4 Å². The predicted octanol–water partition coefficient (Wildman–Crippen LogP) is 5.80. The molecule has 4 aromatic carbocycles. The summed E-state index contributed by atoms with van der Waals surface area (Å²) in [6.07, 6.45) is 0.954. The van der Waals surface area contributed by atoms with Crippen LogP contribution in [-0.4, -0.2) is 44.3 Å². The Morgan fingerprint density at radius 2 is 1.39 bits per heavy atom. The first kappa shape index (κ1) is 32.4. The van der Waals surface area contributed by atoms with Crippen molar-refractivity contribution in [2.45, 2.75) is 51.1 Å². The largest absolute Gasteiger partial charge is 0.354 e. The molecule has 0 aliphatic carbocycles. The number of hydrogen-bond acceptors (Lipinski definition) is 4. The first-order valence-corrected chi connectivity index (χ1v) is 16.0. The second kappa shape index (κ2) is 14.8. The molecule has 0 aromatic heterocycles. The molecule has 0 saturated heterocycles. The van der Waals surface area contributed by atoms with Crippen molar-refractivity contribution in [1.29, 1.82) is 0 Å². The molecule has 44 heavy (non-hydrogen) atoms. The lowest BCUT2D eigenvalue weighted by atomic mass is 10.0. The van der Waals surface area contributed by atoms with Gasteiger partial charge in [-0.05, 0) is 67.8 Å². The highest BCUT2D eigenvalue weighted by Crippen LogP contribution is 2.26. The number of amides is 2. The Hall–Kier alpha value is -4.50. The van der Waals surface area contributed by atoms with E-state index in [9.17, 15) is 22.4 Å². The van der Waals surface area contributed by atoms with Gasteiger partial charge in [0.1, 0.15) is 18.4 Å². The molecule has 0 bridgehead atoms. The fourth-order valence-electron chi connectivity index (χ4n) is 4.78. The zero-order valence-electron chi connectivity index (χ0n) is 25.2. The second-order valence-corrected chi connectivity index (χ2v) is 12.7. The molecule has 0 heterocycles. The summed E-state index contributed by atoms with van der Waals surface area (Å²) in [6, 6.07) is 27.4. The van der Waals surface area contributed by atoms with E-state index in [1.165, 1.54) is 17.0 Å². The minimum Gasteiger partial charge on any atom is -0.354 e. The number of rotatable bonds is 13. The van der Waals surface area contributed by atoms with Gasteiger partial charge in [0.25, 0.3) is 10.0 Å². The number of aryl methyl sites for hydroxylation is 2. The van der Waals surface area contributed by atoms with E-state index in [1.54, 1.807) is 24.3 Å². The zero-order chi connectivity index (χ0) is 31.7. The van der Waals surface area contributed by atoms with Crippen LogP contribution in [0, 0.1) is 19.7 Å². The highest BCUT2D eigenvalue weighted by atomic mass is 32.2. The van der Waals surface area contributed by atoms with Crippen LogP contribution in [-0.2, 0) is 32.6 Å². The summed E-state index contributed by atoms with van der Waals surface area (Å²) < 4.78 is 42.7. The summed E-state index contributed by atoms with van der Waals surface area (Å²) in [5.41, 5.74) is 3.90. The molecular formula is C35H38FN3O4S. The van der Waals surface area contributed by atoms with Crippen LogP contribution in [0.4, 0.5) is 10.1 Å². The summed E-state index contributed by atoms with van der Waals surface area (Å²) >= 11 is 0. The number of nitrogens with zero attached hydrogens (tertiary/aromatic N) is 2. The topological polar surface area (TPSA) is 86.8 Å². The standard InChI is InChI=1S/C35H38FN3O4S/c1-4-22-37-35(41)33(23-28-8-6-5-7-9-28)38(24-29-14-10-26(2)11-15-29)34(40)25-39(31-18-12-27(3)13-19-31)44(42,43)32-20-16-30(36)17-21-32/h5-21,33H,4,22-25H2,1-3H3,(H,37,41)/t33-/m1/s1. The molecule has 0 aliphatic heterocycles. The van der Waals surface area contributed by atoms with Gasteiger partial charge < -0.3 is 10.2 Å². The number of nitrogens with one attached hydrogen (secondary N) is 1. The SMILES string of the molecule is CCCNC(=O)[C@@H](Cc1ccccc1)N(Cc1ccc(C)cc1)C(=O)CN(c1ccc(C)cc1)S(=O)(=O)c1ccc(F)cc1. The molecule has 2 amide bonds. The maximum atomic E-state index is 14.4. The third kappa shape index (κ3) is 8.32. The summed E-state index contributed by atoms with van der Waals surface area (Å²) in [7, 11) is -4.29. The summed E-state index contributed by atoms with van der Waals surface area (Å²) in [6.45, 7) is 5.74. The third-order valence-electron chi connectivity index (χ3n) is 7.30. The van der Waals surface area contributed by atoms with Gasteiger partial charge in [0.2, 0.25) is 11.8 Å². The van der Waals surface area contributed by atoms with Gasteiger partial charge in [-0.2, -0.15) is 0 Å². The number of anilines is 1. The van der Waals surface area contributed by atoms with Gasteiger partial charge in [0.05, 0.1) is 10.6 Å². The van der Waals surface area contributed by atoms with Gasteiger partial charge in [0, 0.05) is 19.5 Å². The number of halogens is 1. The molecule has 0 saturated carbocycles. The molecule has 4 rings (SSSR count). The smallest absolute Gasteiger partial charge is 0.264 e. The lowest BCUT2D eigenvalue weighted by Crippen LogP contribution is -2.53. The van der Waals surface area contributed by atoms with Crippen molar-refractivity contribution in [3.05, 3.63) is 131 Å². The normalized spacial score (nSPS) is 11.9. The average Bonchev–Trinajstić information content (AvgIpc) is 3.02. The van der Waals surface area contributed by atoms with Crippen molar-refractivity contribution < 1.29 is 22.4 Å². The van der Waals surface area contributed by atoms with Gasteiger partial charge in [-0.1, -0.05) is 84.8 Å². The number of hydrogen-bond donors (Lipinski definition) is 1. The van der Waals surface area contributed by atoms with E-state index >= 15 is 0 Å². The quantitative estimate of drug-likeness (QED) is 0.206. The Morgan fingerprint density at radius 1 is 0.795 bits per heavy atom. The lowest BCUT2D eigenvalue weighted by molar-refractivity contribution is -0.140. The second-order valence-electron chi connectivity index (χ2n) is 10.8. The molecule has 0 aliphatic rings. The molecule has 0 unspecified atom stereocenters.